The molecule has 0 bridgehead atoms. The Morgan fingerprint density at radius 3 is 2.34 bits per heavy atom. The van der Waals surface area contributed by atoms with Gasteiger partial charge in [-0.1, -0.05) is 6.08 Å². The molecular weight excluding hydrogens is 417 g/mol. The lowest BCUT2D eigenvalue weighted by Crippen LogP contribution is -2.50. The number of alkyl halides is 3. The fourth-order valence-electron chi connectivity index (χ4n) is 5.29. The molecule has 4 aliphatic rings. The number of hydrogen-bond acceptors (Lipinski definition) is 4. The second-order valence-electron chi connectivity index (χ2n) is 9.38. The van der Waals surface area contributed by atoms with Gasteiger partial charge in [-0.05, 0) is 87.9 Å². The van der Waals surface area contributed by atoms with E-state index in [1.165, 1.54) is 5.01 Å². The Kier molecular flexibility index (Phi) is 6.45. The number of nitrogens with zero attached hydrogens (tertiary/aromatic N) is 3. The lowest BCUT2D eigenvalue weighted by molar-refractivity contribution is -0.183. The van der Waals surface area contributed by atoms with E-state index in [-0.39, 0.29) is 36.5 Å². The summed E-state index contributed by atoms with van der Waals surface area (Å²) < 4.78 is 39.3. The van der Waals surface area contributed by atoms with Gasteiger partial charge in [-0.3, -0.25) is 4.79 Å². The predicted molar refractivity (Wildman–Crippen MR) is 115 cm³/mol. The van der Waals surface area contributed by atoms with Crippen molar-refractivity contribution >= 4 is 11.6 Å². The zero-order valence-corrected chi connectivity index (χ0v) is 18.2. The molecule has 0 aromatic heterocycles. The van der Waals surface area contributed by atoms with Crippen molar-refractivity contribution in [1.82, 2.24) is 10.3 Å². The minimum atomic E-state index is -4.13. The number of hydrazone groups is 1. The number of carbonyl (C=O) groups is 1. The summed E-state index contributed by atoms with van der Waals surface area (Å²) in [6.45, 7) is 1.81. The van der Waals surface area contributed by atoms with Crippen LogP contribution in [-0.2, 0) is 4.79 Å². The van der Waals surface area contributed by atoms with Crippen LogP contribution in [0.15, 0.2) is 40.7 Å². The van der Waals surface area contributed by atoms with Crippen LogP contribution >= 0.6 is 0 Å². The molecule has 0 aromatic rings. The van der Waals surface area contributed by atoms with E-state index in [0.717, 1.165) is 37.0 Å². The number of rotatable bonds is 2. The number of allylic oxidation sites excluding steroid dienone is 4. The van der Waals surface area contributed by atoms with Gasteiger partial charge >= 0.3 is 6.18 Å². The maximum atomic E-state index is 13.1. The largest absolute Gasteiger partial charge is 0.391 e. The minimum Gasteiger partial charge on any atom is -0.363 e. The maximum Gasteiger partial charge on any atom is 0.391 e. The first-order valence-electron chi connectivity index (χ1n) is 11.5. The Labute approximate surface area is 186 Å². The first-order valence-corrected chi connectivity index (χ1v) is 11.5. The number of nitriles is 1. The normalized spacial score (nSPS) is 37.8. The average molecular weight is 447 g/mol. The van der Waals surface area contributed by atoms with Gasteiger partial charge in [-0.25, -0.2) is 5.01 Å². The van der Waals surface area contributed by atoms with Gasteiger partial charge in [0, 0.05) is 17.7 Å². The molecule has 2 saturated carbocycles. The van der Waals surface area contributed by atoms with Crippen molar-refractivity contribution in [3.8, 4) is 6.07 Å². The van der Waals surface area contributed by atoms with E-state index in [0.29, 0.717) is 18.6 Å². The van der Waals surface area contributed by atoms with Crippen LogP contribution in [0.4, 0.5) is 13.2 Å². The molecule has 1 amide bonds. The molecule has 0 aromatic carbocycles. The SMILES string of the molecule is CC1=N/N2C(=O)C=C(C3CCC(C#N)CC3)NC2/C=C(C2CCC(C(F)(F)F)CC2)/C=C\1. The van der Waals surface area contributed by atoms with E-state index < -0.39 is 18.3 Å². The molecule has 32 heavy (non-hydrogen) atoms. The van der Waals surface area contributed by atoms with Gasteiger partial charge in [-0.15, -0.1) is 0 Å². The molecule has 0 radical (unpaired) electrons. The highest BCUT2D eigenvalue weighted by atomic mass is 19.4. The first-order chi connectivity index (χ1) is 15.2. The highest BCUT2D eigenvalue weighted by molar-refractivity contribution is 5.96. The maximum absolute atomic E-state index is 13.1. The van der Waals surface area contributed by atoms with Gasteiger partial charge < -0.3 is 5.32 Å². The standard InChI is InChI=1S/C24H29F3N4O/c1-15-2-5-19(17-8-10-20(11-9-17)24(25,26)27)12-22-29-21(13-23(32)31(22)30-15)18-6-3-16(14-28)4-7-18/h2,5,12-13,16-18,20,22,29H,3-4,6-11H2,1H3/b5-2-,19-12-,30-15-. The monoisotopic (exact) mass is 446 g/mol. The summed E-state index contributed by atoms with van der Waals surface area (Å²) in [4.78, 5) is 12.9. The molecule has 5 nitrogen and oxygen atoms in total. The average Bonchev–Trinajstić information content (AvgIpc) is 2.76. The molecule has 4 rings (SSSR count). The highest BCUT2D eigenvalue weighted by Crippen LogP contribution is 2.42. The molecular formula is C24H29F3N4O. The fourth-order valence-corrected chi connectivity index (χ4v) is 5.29. The van der Waals surface area contributed by atoms with E-state index >= 15 is 0 Å². The second kappa shape index (κ2) is 9.13. The third-order valence-corrected chi connectivity index (χ3v) is 7.23. The highest BCUT2D eigenvalue weighted by Gasteiger charge is 2.42. The third kappa shape index (κ3) is 4.92. The lowest BCUT2D eigenvalue weighted by atomic mass is 9.77. The Balaban J connectivity index is 1.53. The van der Waals surface area contributed by atoms with Crippen LogP contribution in [0.5, 0.6) is 0 Å². The molecule has 1 N–H and O–H groups in total. The number of nitrogens with one attached hydrogen (secondary N) is 1. The van der Waals surface area contributed by atoms with Crippen molar-refractivity contribution < 1.29 is 18.0 Å². The van der Waals surface area contributed by atoms with E-state index in [2.05, 4.69) is 16.5 Å². The van der Waals surface area contributed by atoms with Gasteiger partial charge in [-0.2, -0.15) is 23.5 Å². The zero-order valence-electron chi connectivity index (χ0n) is 18.2. The van der Waals surface area contributed by atoms with Crippen molar-refractivity contribution in [3.63, 3.8) is 0 Å². The molecule has 0 saturated heterocycles. The van der Waals surface area contributed by atoms with Crippen LogP contribution in [0.2, 0.25) is 0 Å². The molecule has 2 fully saturated rings. The molecule has 1 unspecified atom stereocenters. The predicted octanol–water partition coefficient (Wildman–Crippen LogP) is 5.20. The smallest absolute Gasteiger partial charge is 0.363 e. The van der Waals surface area contributed by atoms with Crippen molar-refractivity contribution in [2.75, 3.05) is 0 Å². The summed E-state index contributed by atoms with van der Waals surface area (Å²) in [5.41, 5.74) is 2.51. The number of carbonyl (C=O) groups excluding carboxylic acids is 1. The number of fused-ring (bicyclic) bond motifs is 1. The van der Waals surface area contributed by atoms with Gasteiger partial charge in [0.1, 0.15) is 6.17 Å². The Bertz CT molecular complexity index is 895. The topological polar surface area (TPSA) is 68.5 Å². The van der Waals surface area contributed by atoms with Crippen LogP contribution in [0, 0.1) is 35.0 Å². The van der Waals surface area contributed by atoms with Crippen LogP contribution in [0.1, 0.15) is 58.3 Å². The Hall–Kier alpha value is -2.56. The van der Waals surface area contributed by atoms with E-state index in [1.54, 1.807) is 6.08 Å². The van der Waals surface area contributed by atoms with E-state index in [9.17, 15) is 18.0 Å². The number of hydrogen-bond donors (Lipinski definition) is 1. The van der Waals surface area contributed by atoms with E-state index in [1.807, 2.05) is 25.2 Å². The molecule has 172 valence electrons. The summed E-state index contributed by atoms with van der Waals surface area (Å²) in [5, 5.41) is 18.5. The van der Waals surface area contributed by atoms with Gasteiger partial charge in [0.25, 0.3) is 5.91 Å². The van der Waals surface area contributed by atoms with Gasteiger partial charge in [0.15, 0.2) is 0 Å². The van der Waals surface area contributed by atoms with Crippen LogP contribution in [-0.4, -0.2) is 29.0 Å². The van der Waals surface area contributed by atoms with Crippen LogP contribution in [0.3, 0.4) is 0 Å². The van der Waals surface area contributed by atoms with Crippen molar-refractivity contribution in [1.29, 1.82) is 5.26 Å². The Morgan fingerprint density at radius 1 is 1.06 bits per heavy atom. The zero-order chi connectivity index (χ0) is 22.9. The summed E-state index contributed by atoms with van der Waals surface area (Å²) in [6, 6.07) is 2.34. The fraction of sp³-hybridized carbons (Fsp3) is 0.625. The van der Waals surface area contributed by atoms with Crippen LogP contribution in [0.25, 0.3) is 0 Å². The first kappa shape index (κ1) is 22.6. The van der Waals surface area contributed by atoms with Crippen LogP contribution < -0.4 is 5.32 Å². The van der Waals surface area contributed by atoms with Crippen molar-refractivity contribution in [2.24, 2.45) is 28.8 Å². The molecule has 2 heterocycles. The lowest BCUT2D eigenvalue weighted by Gasteiger charge is -2.37. The molecule has 1 atom stereocenters. The summed E-state index contributed by atoms with van der Waals surface area (Å²) >= 11 is 0. The third-order valence-electron chi connectivity index (χ3n) is 7.23. The molecule has 8 heteroatoms. The minimum absolute atomic E-state index is 0.0370. The number of halogens is 3. The van der Waals surface area contributed by atoms with Gasteiger partial charge in [0.2, 0.25) is 0 Å². The van der Waals surface area contributed by atoms with Crippen molar-refractivity contribution in [2.45, 2.75) is 70.6 Å². The van der Waals surface area contributed by atoms with Gasteiger partial charge in [0.05, 0.1) is 17.7 Å². The molecule has 0 spiro atoms. The summed E-state index contributed by atoms with van der Waals surface area (Å²) in [6.07, 6.45) is 7.35. The summed E-state index contributed by atoms with van der Waals surface area (Å²) in [5.74, 6) is -1.09. The molecule has 2 aliphatic heterocycles. The van der Waals surface area contributed by atoms with E-state index in [4.69, 9.17) is 5.26 Å². The quantitative estimate of drug-likeness (QED) is 0.634. The molecule has 2 aliphatic carbocycles. The second-order valence-corrected chi connectivity index (χ2v) is 9.38. The summed E-state index contributed by atoms with van der Waals surface area (Å²) in [7, 11) is 0. The number of amides is 1. The van der Waals surface area contributed by atoms with Crippen molar-refractivity contribution in [3.05, 3.63) is 35.6 Å². The Morgan fingerprint density at radius 2 is 1.72 bits per heavy atom.